The molecule has 0 aromatic heterocycles. The Morgan fingerprint density at radius 3 is 3.05 bits per heavy atom. The van der Waals surface area contributed by atoms with Gasteiger partial charge in [0.05, 0.1) is 6.61 Å². The summed E-state index contributed by atoms with van der Waals surface area (Å²) in [5.74, 6) is 0.947. The molecule has 0 spiro atoms. The van der Waals surface area contributed by atoms with Crippen molar-refractivity contribution in [2.75, 3.05) is 13.2 Å². The van der Waals surface area contributed by atoms with E-state index in [-0.39, 0.29) is 12.1 Å². The van der Waals surface area contributed by atoms with Gasteiger partial charge in [0, 0.05) is 17.1 Å². The molecule has 2 rings (SSSR count). The molecule has 1 fully saturated rings. The lowest BCUT2D eigenvalue weighted by Gasteiger charge is -2.25. The third-order valence-electron chi connectivity index (χ3n) is 3.44. The van der Waals surface area contributed by atoms with E-state index in [1.807, 2.05) is 12.1 Å². The van der Waals surface area contributed by atoms with Crippen molar-refractivity contribution in [1.29, 1.82) is 0 Å². The van der Waals surface area contributed by atoms with Gasteiger partial charge in [-0.3, -0.25) is 0 Å². The summed E-state index contributed by atoms with van der Waals surface area (Å²) in [6.45, 7) is 3.65. The second-order valence-corrected chi connectivity index (χ2v) is 6.00. The Morgan fingerprint density at radius 1 is 1.53 bits per heavy atom. The molecule has 3 nitrogen and oxygen atoms in total. The lowest BCUT2D eigenvalue weighted by Crippen LogP contribution is -2.29. The van der Waals surface area contributed by atoms with Crippen molar-refractivity contribution >= 4 is 15.9 Å². The van der Waals surface area contributed by atoms with E-state index in [1.54, 1.807) is 0 Å². The first-order chi connectivity index (χ1) is 9.19. The van der Waals surface area contributed by atoms with E-state index in [0.717, 1.165) is 42.5 Å². The minimum atomic E-state index is 0.173. The Hall–Kier alpha value is -0.580. The minimum Gasteiger partial charge on any atom is -0.488 e. The molecule has 1 aliphatic rings. The second kappa shape index (κ2) is 7.27. The first kappa shape index (κ1) is 14.8. The topological polar surface area (TPSA) is 44.5 Å². The van der Waals surface area contributed by atoms with Gasteiger partial charge in [-0.15, -0.1) is 0 Å². The molecular weight excluding hydrogens is 306 g/mol. The standard InChI is InChI=1S/C15H22BrNO2/c1-2-13(17)9-11-8-12(16)5-6-15(11)19-14-4-3-7-18-10-14/h5-6,8,13-14H,2-4,7,9-10,17H2,1H3. The summed E-state index contributed by atoms with van der Waals surface area (Å²) in [5, 5.41) is 0. The van der Waals surface area contributed by atoms with Crippen LogP contribution in [0.3, 0.4) is 0 Å². The van der Waals surface area contributed by atoms with Crippen LogP contribution in [-0.4, -0.2) is 25.4 Å². The highest BCUT2D eigenvalue weighted by Crippen LogP contribution is 2.27. The van der Waals surface area contributed by atoms with Gasteiger partial charge < -0.3 is 15.2 Å². The Labute approximate surface area is 123 Å². The summed E-state index contributed by atoms with van der Waals surface area (Å²) in [5.41, 5.74) is 7.24. The number of ether oxygens (including phenoxy) is 2. The molecule has 4 heteroatoms. The van der Waals surface area contributed by atoms with Crippen LogP contribution < -0.4 is 10.5 Å². The SMILES string of the molecule is CCC(N)Cc1cc(Br)ccc1OC1CCCOC1. The summed E-state index contributed by atoms with van der Waals surface area (Å²) in [4.78, 5) is 0. The molecule has 106 valence electrons. The molecular formula is C15H22BrNO2. The van der Waals surface area contributed by atoms with Gasteiger partial charge in [0.25, 0.3) is 0 Å². The average Bonchev–Trinajstić information content (AvgIpc) is 2.43. The van der Waals surface area contributed by atoms with E-state index in [4.69, 9.17) is 15.2 Å². The zero-order chi connectivity index (χ0) is 13.7. The van der Waals surface area contributed by atoms with E-state index < -0.39 is 0 Å². The zero-order valence-corrected chi connectivity index (χ0v) is 13.0. The molecule has 1 aromatic carbocycles. The van der Waals surface area contributed by atoms with Gasteiger partial charge in [-0.05, 0) is 49.4 Å². The fourth-order valence-corrected chi connectivity index (χ4v) is 2.64. The Kier molecular flexibility index (Phi) is 5.67. The minimum absolute atomic E-state index is 0.173. The molecule has 0 amide bonds. The predicted molar refractivity (Wildman–Crippen MR) is 80.6 cm³/mol. The maximum Gasteiger partial charge on any atom is 0.123 e. The van der Waals surface area contributed by atoms with E-state index in [0.29, 0.717) is 6.61 Å². The molecule has 19 heavy (non-hydrogen) atoms. The van der Waals surface area contributed by atoms with Crippen LogP contribution in [0.25, 0.3) is 0 Å². The van der Waals surface area contributed by atoms with E-state index >= 15 is 0 Å². The highest BCUT2D eigenvalue weighted by atomic mass is 79.9. The smallest absolute Gasteiger partial charge is 0.123 e. The summed E-state index contributed by atoms with van der Waals surface area (Å²) in [6.07, 6.45) is 4.13. The van der Waals surface area contributed by atoms with Gasteiger partial charge in [0.1, 0.15) is 11.9 Å². The van der Waals surface area contributed by atoms with E-state index in [1.165, 1.54) is 5.56 Å². The molecule has 0 bridgehead atoms. The zero-order valence-electron chi connectivity index (χ0n) is 11.4. The van der Waals surface area contributed by atoms with Crippen molar-refractivity contribution in [1.82, 2.24) is 0 Å². The Bertz CT molecular complexity index is 405. The van der Waals surface area contributed by atoms with Gasteiger partial charge in [-0.1, -0.05) is 22.9 Å². The highest BCUT2D eigenvalue weighted by Gasteiger charge is 2.17. The van der Waals surface area contributed by atoms with Gasteiger partial charge in [-0.25, -0.2) is 0 Å². The molecule has 1 heterocycles. The van der Waals surface area contributed by atoms with Gasteiger partial charge in [0.2, 0.25) is 0 Å². The van der Waals surface area contributed by atoms with Crippen molar-refractivity contribution in [3.63, 3.8) is 0 Å². The fourth-order valence-electron chi connectivity index (χ4n) is 2.23. The van der Waals surface area contributed by atoms with Crippen LogP contribution in [0.1, 0.15) is 31.7 Å². The molecule has 0 saturated carbocycles. The normalized spacial score (nSPS) is 21.1. The predicted octanol–water partition coefficient (Wildman–Crippen LogP) is 3.29. The lowest BCUT2D eigenvalue weighted by molar-refractivity contribution is 0.00701. The van der Waals surface area contributed by atoms with Crippen molar-refractivity contribution in [3.05, 3.63) is 28.2 Å². The third kappa shape index (κ3) is 4.48. The van der Waals surface area contributed by atoms with E-state index in [2.05, 4.69) is 28.9 Å². The number of benzene rings is 1. The molecule has 0 aliphatic carbocycles. The quantitative estimate of drug-likeness (QED) is 0.902. The largest absolute Gasteiger partial charge is 0.488 e. The maximum absolute atomic E-state index is 6.09. The molecule has 1 aliphatic heterocycles. The monoisotopic (exact) mass is 327 g/mol. The van der Waals surface area contributed by atoms with Crippen molar-refractivity contribution in [2.45, 2.75) is 44.8 Å². The second-order valence-electron chi connectivity index (χ2n) is 5.08. The van der Waals surface area contributed by atoms with Crippen LogP contribution in [0, 0.1) is 0 Å². The molecule has 2 unspecified atom stereocenters. The first-order valence-electron chi connectivity index (χ1n) is 6.97. The first-order valence-corrected chi connectivity index (χ1v) is 7.76. The van der Waals surface area contributed by atoms with Crippen LogP contribution in [0.4, 0.5) is 0 Å². The van der Waals surface area contributed by atoms with Gasteiger partial charge in [0.15, 0.2) is 0 Å². The lowest BCUT2D eigenvalue weighted by atomic mass is 10.0. The van der Waals surface area contributed by atoms with E-state index in [9.17, 15) is 0 Å². The molecule has 0 radical (unpaired) electrons. The number of halogens is 1. The molecule has 2 N–H and O–H groups in total. The highest BCUT2D eigenvalue weighted by molar-refractivity contribution is 9.10. The van der Waals surface area contributed by atoms with Crippen LogP contribution in [0.2, 0.25) is 0 Å². The summed E-state index contributed by atoms with van der Waals surface area (Å²) >= 11 is 3.51. The van der Waals surface area contributed by atoms with Crippen LogP contribution in [0.5, 0.6) is 5.75 Å². The molecule has 1 saturated heterocycles. The van der Waals surface area contributed by atoms with Crippen LogP contribution in [0.15, 0.2) is 22.7 Å². The van der Waals surface area contributed by atoms with Crippen LogP contribution >= 0.6 is 15.9 Å². The number of rotatable bonds is 5. The fraction of sp³-hybridized carbons (Fsp3) is 0.600. The number of nitrogens with two attached hydrogens (primary N) is 1. The average molecular weight is 328 g/mol. The Morgan fingerprint density at radius 2 is 2.37 bits per heavy atom. The summed E-state index contributed by atoms with van der Waals surface area (Å²) < 4.78 is 12.6. The summed E-state index contributed by atoms with van der Waals surface area (Å²) in [7, 11) is 0. The van der Waals surface area contributed by atoms with Crippen molar-refractivity contribution in [3.8, 4) is 5.75 Å². The number of hydrogen-bond acceptors (Lipinski definition) is 3. The molecule has 1 aromatic rings. The number of hydrogen-bond donors (Lipinski definition) is 1. The maximum atomic E-state index is 6.09. The summed E-state index contributed by atoms with van der Waals surface area (Å²) in [6, 6.07) is 6.32. The third-order valence-corrected chi connectivity index (χ3v) is 3.93. The van der Waals surface area contributed by atoms with Crippen molar-refractivity contribution in [2.24, 2.45) is 5.73 Å². The van der Waals surface area contributed by atoms with Crippen molar-refractivity contribution < 1.29 is 9.47 Å². The van der Waals surface area contributed by atoms with Gasteiger partial charge >= 0.3 is 0 Å². The Balaban J connectivity index is 2.09. The molecule has 2 atom stereocenters. The van der Waals surface area contributed by atoms with Crippen LogP contribution in [-0.2, 0) is 11.2 Å². The van der Waals surface area contributed by atoms with Gasteiger partial charge in [-0.2, -0.15) is 0 Å².